The van der Waals surface area contributed by atoms with E-state index in [9.17, 15) is 0 Å². The van der Waals surface area contributed by atoms with Crippen molar-refractivity contribution >= 4 is 27.5 Å². The van der Waals surface area contributed by atoms with E-state index in [1.165, 1.54) is 0 Å². The molecule has 1 fully saturated rings. The lowest BCUT2D eigenvalue weighted by atomic mass is 10.2. The average Bonchev–Trinajstić information content (AvgIpc) is 2.69. The molecule has 1 aliphatic rings. The van der Waals surface area contributed by atoms with Crippen LogP contribution in [0.2, 0.25) is 5.02 Å². The van der Waals surface area contributed by atoms with Gasteiger partial charge in [-0.2, -0.15) is 0 Å². The van der Waals surface area contributed by atoms with E-state index < -0.39 is 0 Å². The molecule has 0 saturated carbocycles. The third kappa shape index (κ3) is 3.18. The van der Waals surface area contributed by atoms with E-state index in [-0.39, 0.29) is 0 Å². The van der Waals surface area contributed by atoms with E-state index in [0.29, 0.717) is 12.7 Å². The Hall–Kier alpha value is -0.0900. The third-order valence-corrected chi connectivity index (χ3v) is 3.35. The highest BCUT2D eigenvalue weighted by molar-refractivity contribution is 9.10. The van der Waals surface area contributed by atoms with Gasteiger partial charge in [0.25, 0.3) is 0 Å². The highest BCUT2D eigenvalue weighted by atomic mass is 79.9. The van der Waals surface area contributed by atoms with E-state index in [1.807, 2.05) is 18.2 Å². The van der Waals surface area contributed by atoms with E-state index in [4.69, 9.17) is 16.3 Å². The van der Waals surface area contributed by atoms with Crippen molar-refractivity contribution in [3.63, 3.8) is 0 Å². The van der Waals surface area contributed by atoms with Gasteiger partial charge in [-0.25, -0.2) is 0 Å². The van der Waals surface area contributed by atoms with Crippen molar-refractivity contribution in [1.29, 1.82) is 0 Å². The molecule has 82 valence electrons. The first kappa shape index (κ1) is 11.4. The van der Waals surface area contributed by atoms with Gasteiger partial charge in [-0.1, -0.05) is 33.6 Å². The SMILES string of the molecule is Clc1cc(Br)ccc1COC1CCNC1. The second-order valence-corrected chi connectivity index (χ2v) is 4.98. The molecule has 0 bridgehead atoms. The first-order valence-corrected chi connectivity index (χ1v) is 6.19. The smallest absolute Gasteiger partial charge is 0.0735 e. The maximum Gasteiger partial charge on any atom is 0.0735 e. The molecule has 1 unspecified atom stereocenters. The van der Waals surface area contributed by atoms with Crippen LogP contribution in [0.4, 0.5) is 0 Å². The van der Waals surface area contributed by atoms with E-state index >= 15 is 0 Å². The van der Waals surface area contributed by atoms with Gasteiger partial charge >= 0.3 is 0 Å². The van der Waals surface area contributed by atoms with Gasteiger partial charge in [-0.05, 0) is 30.7 Å². The molecule has 0 spiro atoms. The summed E-state index contributed by atoms with van der Waals surface area (Å²) < 4.78 is 6.75. The minimum atomic E-state index is 0.338. The average molecular weight is 291 g/mol. The highest BCUT2D eigenvalue weighted by Gasteiger charge is 2.15. The largest absolute Gasteiger partial charge is 0.372 e. The summed E-state index contributed by atoms with van der Waals surface area (Å²) in [6.07, 6.45) is 1.43. The van der Waals surface area contributed by atoms with Crippen molar-refractivity contribution in [2.75, 3.05) is 13.1 Å². The molecule has 1 heterocycles. The van der Waals surface area contributed by atoms with Gasteiger partial charge in [0.2, 0.25) is 0 Å². The van der Waals surface area contributed by atoms with E-state index in [0.717, 1.165) is 34.6 Å². The molecule has 1 saturated heterocycles. The van der Waals surface area contributed by atoms with Gasteiger partial charge in [0.1, 0.15) is 0 Å². The Labute approximate surface area is 103 Å². The van der Waals surface area contributed by atoms with Crippen LogP contribution < -0.4 is 5.32 Å². The lowest BCUT2D eigenvalue weighted by Gasteiger charge is -2.11. The molecule has 4 heteroatoms. The number of hydrogen-bond acceptors (Lipinski definition) is 2. The Bertz CT molecular complexity index is 339. The van der Waals surface area contributed by atoms with E-state index in [2.05, 4.69) is 21.2 Å². The summed E-state index contributed by atoms with van der Waals surface area (Å²) in [5.74, 6) is 0. The standard InChI is InChI=1S/C11H13BrClNO/c12-9-2-1-8(11(13)5-9)7-15-10-3-4-14-6-10/h1-2,5,10,14H,3-4,6-7H2. The molecule has 2 nitrogen and oxygen atoms in total. The van der Waals surface area contributed by atoms with Crippen LogP contribution in [-0.2, 0) is 11.3 Å². The Balaban J connectivity index is 1.92. The van der Waals surface area contributed by atoms with Gasteiger partial charge in [0.05, 0.1) is 12.7 Å². The fraction of sp³-hybridized carbons (Fsp3) is 0.455. The predicted molar refractivity (Wildman–Crippen MR) is 65.2 cm³/mol. The van der Waals surface area contributed by atoms with Crippen molar-refractivity contribution in [2.45, 2.75) is 19.1 Å². The van der Waals surface area contributed by atoms with Crippen LogP contribution in [0.1, 0.15) is 12.0 Å². The van der Waals surface area contributed by atoms with Crippen molar-refractivity contribution in [1.82, 2.24) is 5.32 Å². The molecule has 15 heavy (non-hydrogen) atoms. The number of rotatable bonds is 3. The lowest BCUT2D eigenvalue weighted by molar-refractivity contribution is 0.0542. The highest BCUT2D eigenvalue weighted by Crippen LogP contribution is 2.22. The normalized spacial score (nSPS) is 20.8. The van der Waals surface area contributed by atoms with Crippen molar-refractivity contribution < 1.29 is 4.74 Å². The number of hydrogen-bond donors (Lipinski definition) is 1. The molecule has 1 N–H and O–H groups in total. The van der Waals surface area contributed by atoms with Crippen LogP contribution in [0.3, 0.4) is 0 Å². The Morgan fingerprint density at radius 3 is 3.07 bits per heavy atom. The zero-order valence-corrected chi connectivity index (χ0v) is 10.6. The maximum atomic E-state index is 6.09. The maximum absolute atomic E-state index is 6.09. The number of nitrogens with one attached hydrogen (secondary N) is 1. The van der Waals surface area contributed by atoms with Crippen molar-refractivity contribution in [2.24, 2.45) is 0 Å². The summed E-state index contributed by atoms with van der Waals surface area (Å²) in [4.78, 5) is 0. The molecule has 0 amide bonds. The number of benzene rings is 1. The number of halogens is 2. The molecule has 2 rings (SSSR count). The quantitative estimate of drug-likeness (QED) is 0.924. The van der Waals surface area contributed by atoms with Crippen LogP contribution in [0.25, 0.3) is 0 Å². The van der Waals surface area contributed by atoms with Gasteiger partial charge in [-0.3, -0.25) is 0 Å². The Morgan fingerprint density at radius 2 is 2.40 bits per heavy atom. The second-order valence-electron chi connectivity index (χ2n) is 3.66. The summed E-state index contributed by atoms with van der Waals surface area (Å²) in [6.45, 7) is 2.60. The Kier molecular flexibility index (Phi) is 4.03. The Morgan fingerprint density at radius 1 is 1.53 bits per heavy atom. The van der Waals surface area contributed by atoms with Crippen molar-refractivity contribution in [3.8, 4) is 0 Å². The topological polar surface area (TPSA) is 21.3 Å². The monoisotopic (exact) mass is 289 g/mol. The molecule has 1 aromatic rings. The first-order valence-electron chi connectivity index (χ1n) is 5.02. The van der Waals surface area contributed by atoms with Gasteiger partial charge in [0.15, 0.2) is 0 Å². The fourth-order valence-electron chi connectivity index (χ4n) is 1.62. The van der Waals surface area contributed by atoms with Crippen LogP contribution in [0.5, 0.6) is 0 Å². The first-order chi connectivity index (χ1) is 7.25. The van der Waals surface area contributed by atoms with Gasteiger partial charge < -0.3 is 10.1 Å². The van der Waals surface area contributed by atoms with Gasteiger partial charge in [-0.15, -0.1) is 0 Å². The second kappa shape index (κ2) is 5.30. The van der Waals surface area contributed by atoms with Crippen LogP contribution >= 0.6 is 27.5 Å². The molecular weight excluding hydrogens is 277 g/mol. The minimum absolute atomic E-state index is 0.338. The molecule has 0 radical (unpaired) electrons. The predicted octanol–water partition coefficient (Wildman–Crippen LogP) is 2.98. The minimum Gasteiger partial charge on any atom is -0.372 e. The molecule has 1 atom stereocenters. The van der Waals surface area contributed by atoms with E-state index in [1.54, 1.807) is 0 Å². The lowest BCUT2D eigenvalue weighted by Crippen LogP contribution is -2.16. The fourth-order valence-corrected chi connectivity index (χ4v) is 2.34. The molecule has 1 aromatic carbocycles. The molecular formula is C11H13BrClNO. The number of ether oxygens (including phenoxy) is 1. The van der Waals surface area contributed by atoms with Crippen LogP contribution in [0.15, 0.2) is 22.7 Å². The summed E-state index contributed by atoms with van der Waals surface area (Å²) in [5, 5.41) is 4.03. The summed E-state index contributed by atoms with van der Waals surface area (Å²) >= 11 is 9.47. The molecule has 1 aliphatic heterocycles. The summed E-state index contributed by atoms with van der Waals surface area (Å²) in [7, 11) is 0. The van der Waals surface area contributed by atoms with Gasteiger partial charge in [0, 0.05) is 16.0 Å². The van der Waals surface area contributed by atoms with Crippen molar-refractivity contribution in [3.05, 3.63) is 33.3 Å². The van der Waals surface area contributed by atoms with Crippen LogP contribution in [0, 0.1) is 0 Å². The zero-order valence-electron chi connectivity index (χ0n) is 8.30. The molecule has 0 aromatic heterocycles. The summed E-state index contributed by atoms with van der Waals surface area (Å²) in [5.41, 5.74) is 1.05. The summed E-state index contributed by atoms with van der Waals surface area (Å²) in [6, 6.07) is 5.87. The molecule has 0 aliphatic carbocycles. The zero-order chi connectivity index (χ0) is 10.7. The van der Waals surface area contributed by atoms with Crippen LogP contribution in [-0.4, -0.2) is 19.2 Å². The third-order valence-electron chi connectivity index (χ3n) is 2.50.